The summed E-state index contributed by atoms with van der Waals surface area (Å²) in [6.07, 6.45) is 8.72. The summed E-state index contributed by atoms with van der Waals surface area (Å²) < 4.78 is 5.53. The average Bonchev–Trinajstić information content (AvgIpc) is 2.57. The Labute approximate surface area is 99.3 Å². The van der Waals surface area contributed by atoms with Crippen molar-refractivity contribution in [1.82, 2.24) is 4.90 Å². The molecule has 2 rings (SSSR count). The van der Waals surface area contributed by atoms with Crippen molar-refractivity contribution in [3.05, 3.63) is 0 Å². The van der Waals surface area contributed by atoms with Gasteiger partial charge in [-0.1, -0.05) is 0 Å². The third kappa shape index (κ3) is 3.19. The molecule has 0 amide bonds. The lowest BCUT2D eigenvalue weighted by Crippen LogP contribution is -2.44. The molecular formula is C13H26N2O. The van der Waals surface area contributed by atoms with Crippen LogP contribution in [0, 0.1) is 0 Å². The van der Waals surface area contributed by atoms with Crippen LogP contribution in [-0.2, 0) is 4.74 Å². The highest BCUT2D eigenvalue weighted by atomic mass is 16.5. The zero-order valence-electron chi connectivity index (χ0n) is 10.5. The molecule has 2 aliphatic rings. The summed E-state index contributed by atoms with van der Waals surface area (Å²) in [4.78, 5) is 2.61. The smallest absolute Gasteiger partial charge is 0.0480 e. The molecule has 1 saturated heterocycles. The highest BCUT2D eigenvalue weighted by molar-refractivity contribution is 4.83. The first-order chi connectivity index (χ1) is 7.77. The Bertz CT molecular complexity index is 194. The van der Waals surface area contributed by atoms with Crippen LogP contribution in [0.25, 0.3) is 0 Å². The highest BCUT2D eigenvalue weighted by Gasteiger charge is 2.27. The molecule has 1 aliphatic heterocycles. The van der Waals surface area contributed by atoms with E-state index >= 15 is 0 Å². The molecule has 0 aromatic heterocycles. The topological polar surface area (TPSA) is 38.5 Å². The van der Waals surface area contributed by atoms with Crippen molar-refractivity contribution < 1.29 is 4.74 Å². The standard InChI is InChI=1S/C13H26N2O/c1-15(12-3-2-9-16-10-8-12)13-6-4-11(14)5-7-13/h11-13H,2-10,14H2,1H3. The average molecular weight is 226 g/mol. The SMILES string of the molecule is CN(C1CCCOCC1)C1CCC(N)CC1. The number of hydrogen-bond acceptors (Lipinski definition) is 3. The van der Waals surface area contributed by atoms with Gasteiger partial charge in [-0.2, -0.15) is 0 Å². The molecule has 3 heteroatoms. The van der Waals surface area contributed by atoms with Gasteiger partial charge in [0.05, 0.1) is 0 Å². The summed E-state index contributed by atoms with van der Waals surface area (Å²) in [6, 6.07) is 1.96. The van der Waals surface area contributed by atoms with Crippen LogP contribution in [0.1, 0.15) is 44.9 Å². The van der Waals surface area contributed by atoms with E-state index in [1.807, 2.05) is 0 Å². The van der Waals surface area contributed by atoms with E-state index in [1.165, 1.54) is 44.9 Å². The summed E-state index contributed by atoms with van der Waals surface area (Å²) in [5.74, 6) is 0. The van der Waals surface area contributed by atoms with Gasteiger partial charge in [0, 0.05) is 31.3 Å². The third-order valence-corrected chi connectivity index (χ3v) is 4.31. The van der Waals surface area contributed by atoms with Crippen LogP contribution in [0.5, 0.6) is 0 Å². The van der Waals surface area contributed by atoms with Gasteiger partial charge in [0.2, 0.25) is 0 Å². The van der Waals surface area contributed by atoms with E-state index in [9.17, 15) is 0 Å². The van der Waals surface area contributed by atoms with Crippen molar-refractivity contribution in [3.8, 4) is 0 Å². The lowest BCUT2D eigenvalue weighted by atomic mass is 9.89. The molecule has 0 radical (unpaired) electrons. The maximum Gasteiger partial charge on any atom is 0.0480 e. The molecule has 1 heterocycles. The predicted octanol–water partition coefficient (Wildman–Crippen LogP) is 1.76. The second-order valence-corrected chi connectivity index (χ2v) is 5.43. The van der Waals surface area contributed by atoms with Gasteiger partial charge in [-0.25, -0.2) is 0 Å². The molecule has 2 N–H and O–H groups in total. The van der Waals surface area contributed by atoms with E-state index in [-0.39, 0.29) is 0 Å². The van der Waals surface area contributed by atoms with Crippen molar-refractivity contribution in [2.75, 3.05) is 20.3 Å². The van der Waals surface area contributed by atoms with E-state index in [2.05, 4.69) is 11.9 Å². The van der Waals surface area contributed by atoms with Crippen LogP contribution in [0.15, 0.2) is 0 Å². The van der Waals surface area contributed by atoms with Crippen LogP contribution in [0.4, 0.5) is 0 Å². The largest absolute Gasteiger partial charge is 0.381 e. The fourth-order valence-electron chi connectivity index (χ4n) is 3.10. The van der Waals surface area contributed by atoms with Gasteiger partial charge in [-0.15, -0.1) is 0 Å². The van der Waals surface area contributed by atoms with Crippen LogP contribution in [-0.4, -0.2) is 43.3 Å². The van der Waals surface area contributed by atoms with E-state index in [1.54, 1.807) is 0 Å². The zero-order valence-corrected chi connectivity index (χ0v) is 10.5. The fraction of sp³-hybridized carbons (Fsp3) is 1.00. The predicted molar refractivity (Wildman–Crippen MR) is 66.5 cm³/mol. The second-order valence-electron chi connectivity index (χ2n) is 5.43. The van der Waals surface area contributed by atoms with E-state index in [4.69, 9.17) is 10.5 Å². The summed E-state index contributed by atoms with van der Waals surface area (Å²) in [5, 5.41) is 0. The summed E-state index contributed by atoms with van der Waals surface area (Å²) >= 11 is 0. The molecule has 16 heavy (non-hydrogen) atoms. The Morgan fingerprint density at radius 1 is 0.938 bits per heavy atom. The van der Waals surface area contributed by atoms with Gasteiger partial charge in [0.1, 0.15) is 0 Å². The molecular weight excluding hydrogens is 200 g/mol. The molecule has 3 nitrogen and oxygen atoms in total. The maximum absolute atomic E-state index is 5.96. The minimum Gasteiger partial charge on any atom is -0.381 e. The van der Waals surface area contributed by atoms with E-state index < -0.39 is 0 Å². The van der Waals surface area contributed by atoms with Gasteiger partial charge in [0.15, 0.2) is 0 Å². The number of ether oxygens (including phenoxy) is 1. The normalized spacial score (nSPS) is 37.3. The zero-order chi connectivity index (χ0) is 11.4. The van der Waals surface area contributed by atoms with Gasteiger partial charge in [-0.05, 0) is 52.0 Å². The first-order valence-electron chi connectivity index (χ1n) is 6.82. The van der Waals surface area contributed by atoms with Crippen molar-refractivity contribution in [2.24, 2.45) is 5.73 Å². The van der Waals surface area contributed by atoms with E-state index in [0.29, 0.717) is 6.04 Å². The van der Waals surface area contributed by atoms with Gasteiger partial charge < -0.3 is 15.4 Å². The Morgan fingerprint density at radius 2 is 1.62 bits per heavy atom. The lowest BCUT2D eigenvalue weighted by Gasteiger charge is -2.38. The lowest BCUT2D eigenvalue weighted by molar-refractivity contribution is 0.106. The summed E-state index contributed by atoms with van der Waals surface area (Å²) in [6.45, 7) is 1.90. The highest BCUT2D eigenvalue weighted by Crippen LogP contribution is 2.25. The Balaban J connectivity index is 1.83. The first-order valence-corrected chi connectivity index (χ1v) is 6.82. The van der Waals surface area contributed by atoms with Gasteiger partial charge >= 0.3 is 0 Å². The first kappa shape index (κ1) is 12.3. The Morgan fingerprint density at radius 3 is 2.38 bits per heavy atom. The van der Waals surface area contributed by atoms with Gasteiger partial charge in [0.25, 0.3) is 0 Å². The number of hydrogen-bond donors (Lipinski definition) is 1. The molecule has 1 atom stereocenters. The molecule has 0 aromatic carbocycles. The van der Waals surface area contributed by atoms with Crippen LogP contribution in [0.2, 0.25) is 0 Å². The van der Waals surface area contributed by atoms with Crippen LogP contribution < -0.4 is 5.73 Å². The minimum atomic E-state index is 0.460. The van der Waals surface area contributed by atoms with Crippen LogP contribution in [0.3, 0.4) is 0 Å². The monoisotopic (exact) mass is 226 g/mol. The number of rotatable bonds is 2. The Hall–Kier alpha value is -0.120. The molecule has 0 bridgehead atoms. The van der Waals surface area contributed by atoms with Gasteiger partial charge in [-0.3, -0.25) is 0 Å². The fourth-order valence-corrected chi connectivity index (χ4v) is 3.10. The number of nitrogens with zero attached hydrogens (tertiary/aromatic N) is 1. The van der Waals surface area contributed by atoms with E-state index in [0.717, 1.165) is 25.3 Å². The molecule has 1 saturated carbocycles. The molecule has 1 aliphatic carbocycles. The summed E-state index contributed by atoms with van der Waals surface area (Å²) in [7, 11) is 2.30. The molecule has 94 valence electrons. The summed E-state index contributed by atoms with van der Waals surface area (Å²) in [5.41, 5.74) is 5.96. The van der Waals surface area contributed by atoms with Crippen molar-refractivity contribution in [3.63, 3.8) is 0 Å². The Kier molecular flexibility index (Phi) is 4.62. The number of nitrogens with two attached hydrogens (primary N) is 1. The van der Waals surface area contributed by atoms with Crippen molar-refractivity contribution in [1.29, 1.82) is 0 Å². The molecule has 1 unspecified atom stereocenters. The molecule has 0 spiro atoms. The quantitative estimate of drug-likeness (QED) is 0.779. The third-order valence-electron chi connectivity index (χ3n) is 4.31. The van der Waals surface area contributed by atoms with Crippen LogP contribution >= 0.6 is 0 Å². The maximum atomic E-state index is 5.96. The van der Waals surface area contributed by atoms with Crippen molar-refractivity contribution in [2.45, 2.75) is 63.1 Å². The molecule has 0 aromatic rings. The minimum absolute atomic E-state index is 0.460. The second kappa shape index (κ2) is 5.99. The molecule has 2 fully saturated rings. The van der Waals surface area contributed by atoms with Crippen molar-refractivity contribution >= 4 is 0 Å².